The van der Waals surface area contributed by atoms with Crippen molar-refractivity contribution in [3.05, 3.63) is 64.1 Å². The summed E-state index contributed by atoms with van der Waals surface area (Å²) in [5.74, 6) is 2.26. The van der Waals surface area contributed by atoms with Crippen molar-refractivity contribution in [3.63, 3.8) is 0 Å². The molecule has 0 spiro atoms. The van der Waals surface area contributed by atoms with E-state index in [1.165, 1.54) is 0 Å². The second-order valence-corrected chi connectivity index (χ2v) is 7.34. The van der Waals surface area contributed by atoms with Crippen LogP contribution in [0.4, 0.5) is 0 Å². The van der Waals surface area contributed by atoms with Crippen molar-refractivity contribution >= 4 is 40.9 Å². The first-order valence-corrected chi connectivity index (χ1v) is 10.0. The number of carbonyl (C=O) groups is 1. The Kier molecular flexibility index (Phi) is 8.45. The Morgan fingerprint density at radius 3 is 2.60 bits per heavy atom. The number of para-hydroxylation sites is 1. The molecule has 0 aliphatic carbocycles. The summed E-state index contributed by atoms with van der Waals surface area (Å²) in [6.07, 6.45) is 0.152. The van der Waals surface area contributed by atoms with Gasteiger partial charge >= 0.3 is 0 Å². The molecule has 6 heteroatoms. The number of thioether (sulfide) groups is 1. The number of rotatable bonds is 9. The van der Waals surface area contributed by atoms with Crippen LogP contribution in [0.3, 0.4) is 0 Å². The van der Waals surface area contributed by atoms with Crippen molar-refractivity contribution in [2.75, 3.05) is 12.3 Å². The molecule has 0 aliphatic heterocycles. The van der Waals surface area contributed by atoms with Gasteiger partial charge in [0.15, 0.2) is 6.10 Å². The summed E-state index contributed by atoms with van der Waals surface area (Å²) >= 11 is 13.6. The van der Waals surface area contributed by atoms with Crippen molar-refractivity contribution in [3.8, 4) is 5.75 Å². The molecule has 3 nitrogen and oxygen atoms in total. The maximum absolute atomic E-state index is 12.2. The second-order valence-electron chi connectivity index (χ2n) is 5.42. The standard InChI is InChI=1S/C19H21Cl2NO2S/c1-2-18(24-15-6-4-3-5-7-15)19(23)22-10-11-25-13-14-8-9-16(20)17(21)12-14/h3-9,12,18H,2,10-11,13H2,1H3,(H,22,23)/t18-/m0/s1. The van der Waals surface area contributed by atoms with E-state index in [2.05, 4.69) is 5.32 Å². The monoisotopic (exact) mass is 397 g/mol. The fraction of sp³-hybridized carbons (Fsp3) is 0.316. The van der Waals surface area contributed by atoms with E-state index in [1.54, 1.807) is 17.8 Å². The molecule has 0 saturated carbocycles. The Hall–Kier alpha value is -1.36. The summed E-state index contributed by atoms with van der Waals surface area (Å²) in [6.45, 7) is 2.53. The molecule has 1 N–H and O–H groups in total. The average molecular weight is 398 g/mol. The first kappa shape index (κ1) is 20.0. The van der Waals surface area contributed by atoms with E-state index in [0.717, 1.165) is 17.1 Å². The van der Waals surface area contributed by atoms with Crippen molar-refractivity contribution < 1.29 is 9.53 Å². The predicted octanol–water partition coefficient (Wildman–Crippen LogP) is 5.20. The van der Waals surface area contributed by atoms with E-state index in [0.29, 0.717) is 28.8 Å². The van der Waals surface area contributed by atoms with Crippen molar-refractivity contribution in [1.82, 2.24) is 5.32 Å². The fourth-order valence-corrected chi connectivity index (χ4v) is 3.29. The number of hydrogen-bond acceptors (Lipinski definition) is 3. The van der Waals surface area contributed by atoms with Crippen molar-refractivity contribution in [1.29, 1.82) is 0 Å². The molecule has 25 heavy (non-hydrogen) atoms. The van der Waals surface area contributed by atoms with Crippen molar-refractivity contribution in [2.24, 2.45) is 0 Å². The maximum Gasteiger partial charge on any atom is 0.261 e. The molecule has 0 bridgehead atoms. The fourth-order valence-electron chi connectivity index (χ4n) is 2.17. The van der Waals surface area contributed by atoms with Gasteiger partial charge < -0.3 is 10.1 Å². The van der Waals surface area contributed by atoms with Gasteiger partial charge in [-0.1, -0.05) is 54.4 Å². The Balaban J connectivity index is 1.69. The minimum atomic E-state index is -0.470. The predicted molar refractivity (Wildman–Crippen MR) is 107 cm³/mol. The Morgan fingerprint density at radius 1 is 1.16 bits per heavy atom. The summed E-state index contributed by atoms with van der Waals surface area (Å²) in [5.41, 5.74) is 1.12. The van der Waals surface area contributed by atoms with Gasteiger partial charge in [-0.05, 0) is 36.2 Å². The van der Waals surface area contributed by atoms with Crippen LogP contribution in [0, 0.1) is 0 Å². The van der Waals surface area contributed by atoms with Gasteiger partial charge in [-0.2, -0.15) is 11.8 Å². The lowest BCUT2D eigenvalue weighted by Gasteiger charge is -2.17. The van der Waals surface area contributed by atoms with Gasteiger partial charge in [-0.25, -0.2) is 0 Å². The minimum absolute atomic E-state index is 0.0820. The SMILES string of the molecule is CC[C@H](Oc1ccccc1)C(=O)NCCSCc1ccc(Cl)c(Cl)c1. The largest absolute Gasteiger partial charge is 0.481 e. The Bertz CT molecular complexity index is 682. The molecule has 0 unspecified atom stereocenters. The van der Waals surface area contributed by atoms with Crippen molar-refractivity contribution in [2.45, 2.75) is 25.2 Å². The van der Waals surface area contributed by atoms with E-state index in [4.69, 9.17) is 27.9 Å². The molecule has 0 heterocycles. The van der Waals surface area contributed by atoms with E-state index in [-0.39, 0.29) is 5.91 Å². The van der Waals surface area contributed by atoms with E-state index >= 15 is 0 Å². The zero-order valence-electron chi connectivity index (χ0n) is 14.0. The first-order chi connectivity index (χ1) is 12.1. The Morgan fingerprint density at radius 2 is 1.92 bits per heavy atom. The molecule has 2 aromatic rings. The molecule has 0 aromatic heterocycles. The molecular formula is C19H21Cl2NO2S. The summed E-state index contributed by atoms with van der Waals surface area (Å²) in [4.78, 5) is 12.2. The highest BCUT2D eigenvalue weighted by atomic mass is 35.5. The highest BCUT2D eigenvalue weighted by Gasteiger charge is 2.17. The lowest BCUT2D eigenvalue weighted by atomic mass is 10.2. The third kappa shape index (κ3) is 6.81. The van der Waals surface area contributed by atoms with Crippen LogP contribution in [-0.4, -0.2) is 24.3 Å². The topological polar surface area (TPSA) is 38.3 Å². The number of hydrogen-bond donors (Lipinski definition) is 1. The van der Waals surface area contributed by atoms with Crippen LogP contribution in [0.25, 0.3) is 0 Å². The molecule has 1 amide bonds. The molecule has 0 fully saturated rings. The van der Waals surface area contributed by atoms with E-state index < -0.39 is 6.10 Å². The average Bonchev–Trinajstić information content (AvgIpc) is 2.63. The third-order valence-electron chi connectivity index (χ3n) is 3.48. The number of benzene rings is 2. The molecule has 1 atom stereocenters. The van der Waals surface area contributed by atoms with E-state index in [1.807, 2.05) is 49.4 Å². The number of amides is 1. The normalized spacial score (nSPS) is 11.8. The van der Waals surface area contributed by atoms with Crippen LogP contribution in [0.1, 0.15) is 18.9 Å². The molecule has 134 valence electrons. The number of halogens is 2. The van der Waals surface area contributed by atoms with Gasteiger partial charge in [0, 0.05) is 18.1 Å². The van der Waals surface area contributed by atoms with Gasteiger partial charge in [-0.3, -0.25) is 4.79 Å². The summed E-state index contributed by atoms with van der Waals surface area (Å²) < 4.78 is 5.73. The number of carbonyl (C=O) groups excluding carboxylic acids is 1. The second kappa shape index (κ2) is 10.6. The third-order valence-corrected chi connectivity index (χ3v) is 5.25. The first-order valence-electron chi connectivity index (χ1n) is 8.11. The summed E-state index contributed by atoms with van der Waals surface area (Å²) in [7, 11) is 0. The zero-order chi connectivity index (χ0) is 18.1. The maximum atomic E-state index is 12.2. The molecule has 2 aromatic carbocycles. The van der Waals surface area contributed by atoms with Crippen LogP contribution < -0.4 is 10.1 Å². The summed E-state index contributed by atoms with van der Waals surface area (Å²) in [6, 6.07) is 15.0. The van der Waals surface area contributed by atoms with Crippen LogP contribution in [0.5, 0.6) is 5.75 Å². The van der Waals surface area contributed by atoms with Gasteiger partial charge in [-0.15, -0.1) is 0 Å². The molecular weight excluding hydrogens is 377 g/mol. The summed E-state index contributed by atoms with van der Waals surface area (Å²) in [5, 5.41) is 4.06. The van der Waals surface area contributed by atoms with Gasteiger partial charge in [0.05, 0.1) is 10.0 Å². The smallest absolute Gasteiger partial charge is 0.261 e. The molecule has 0 saturated heterocycles. The minimum Gasteiger partial charge on any atom is -0.481 e. The molecule has 0 radical (unpaired) electrons. The zero-order valence-corrected chi connectivity index (χ0v) is 16.3. The number of nitrogens with one attached hydrogen (secondary N) is 1. The van der Waals surface area contributed by atoms with Crippen LogP contribution in [-0.2, 0) is 10.5 Å². The van der Waals surface area contributed by atoms with Crippen LogP contribution >= 0.6 is 35.0 Å². The van der Waals surface area contributed by atoms with Crippen LogP contribution in [0.2, 0.25) is 10.0 Å². The Labute approximate surface area is 163 Å². The molecule has 2 rings (SSSR count). The lowest BCUT2D eigenvalue weighted by Crippen LogP contribution is -2.39. The number of ether oxygens (including phenoxy) is 1. The highest BCUT2D eigenvalue weighted by Crippen LogP contribution is 2.24. The van der Waals surface area contributed by atoms with Crippen LogP contribution in [0.15, 0.2) is 48.5 Å². The van der Waals surface area contributed by atoms with Gasteiger partial charge in [0.25, 0.3) is 5.91 Å². The highest BCUT2D eigenvalue weighted by molar-refractivity contribution is 7.98. The quantitative estimate of drug-likeness (QED) is 0.590. The van der Waals surface area contributed by atoms with E-state index in [9.17, 15) is 4.79 Å². The molecule has 0 aliphatic rings. The lowest BCUT2D eigenvalue weighted by molar-refractivity contribution is -0.127. The van der Waals surface area contributed by atoms with Gasteiger partial charge in [0.2, 0.25) is 0 Å². The van der Waals surface area contributed by atoms with Gasteiger partial charge in [0.1, 0.15) is 5.75 Å².